The third-order valence-electron chi connectivity index (χ3n) is 4.81. The Morgan fingerprint density at radius 3 is 2.31 bits per heavy atom. The molecule has 184 valence electrons. The fraction of sp³-hybridized carbons (Fsp3) is 0.182. The van der Waals surface area contributed by atoms with Gasteiger partial charge in [-0.05, 0) is 24.6 Å². The molecule has 0 spiro atoms. The van der Waals surface area contributed by atoms with E-state index >= 15 is 0 Å². The molecule has 0 fully saturated rings. The topological polar surface area (TPSA) is 224 Å². The SMILES string of the molecule is O=C(O)CC[C@H](NC(=O)COc1cc(O)c2c(=O)c(O)c(-c3ccc(O)c(O)c3)oc2c1)C(=O)O. The average molecular weight is 489 g/mol. The zero-order chi connectivity index (χ0) is 25.9. The Kier molecular flexibility index (Phi) is 6.99. The first kappa shape index (κ1) is 24.7. The second kappa shape index (κ2) is 9.91. The molecule has 1 aromatic heterocycles. The summed E-state index contributed by atoms with van der Waals surface area (Å²) >= 11 is 0. The molecule has 0 aliphatic carbocycles. The van der Waals surface area contributed by atoms with Crippen molar-refractivity contribution in [1.82, 2.24) is 5.32 Å². The predicted octanol–water partition coefficient (Wildman–Crippen LogP) is 1.10. The molecule has 1 heterocycles. The first-order valence-corrected chi connectivity index (χ1v) is 9.89. The number of carbonyl (C=O) groups excluding carboxylic acids is 1. The lowest BCUT2D eigenvalue weighted by atomic mass is 10.1. The summed E-state index contributed by atoms with van der Waals surface area (Å²) in [6.45, 7) is -0.719. The summed E-state index contributed by atoms with van der Waals surface area (Å²) in [7, 11) is 0. The maximum atomic E-state index is 12.6. The Morgan fingerprint density at radius 1 is 0.971 bits per heavy atom. The Bertz CT molecular complexity index is 1380. The fourth-order valence-corrected chi connectivity index (χ4v) is 3.12. The van der Waals surface area contributed by atoms with E-state index in [0.717, 1.165) is 24.3 Å². The van der Waals surface area contributed by atoms with E-state index in [1.807, 2.05) is 0 Å². The Balaban J connectivity index is 1.86. The smallest absolute Gasteiger partial charge is 0.326 e. The lowest BCUT2D eigenvalue weighted by Gasteiger charge is -2.14. The standard InChI is InChI=1S/C22H19NO12/c24-12-3-1-9(5-13(12)25)21-20(31)19(30)18-14(26)6-10(7-15(18)35-21)34-8-16(27)23-11(22(32)33)2-4-17(28)29/h1,3,5-7,11,24-26,31H,2,4,8H2,(H,23,27)(H,28,29)(H,32,33)/t11-/m0/s1. The summed E-state index contributed by atoms with van der Waals surface area (Å²) in [6, 6.07) is 4.03. The molecule has 0 unspecified atom stereocenters. The molecule has 0 radical (unpaired) electrons. The third kappa shape index (κ3) is 5.52. The number of phenols is 3. The number of carboxylic acids is 2. The van der Waals surface area contributed by atoms with Crippen molar-refractivity contribution < 1.29 is 54.2 Å². The van der Waals surface area contributed by atoms with Crippen molar-refractivity contribution in [2.75, 3.05) is 6.61 Å². The number of fused-ring (bicyclic) bond motifs is 1. The molecular formula is C22H19NO12. The van der Waals surface area contributed by atoms with Gasteiger partial charge < -0.3 is 45.1 Å². The Morgan fingerprint density at radius 2 is 1.69 bits per heavy atom. The number of aromatic hydroxyl groups is 4. The molecule has 13 nitrogen and oxygen atoms in total. The first-order chi connectivity index (χ1) is 16.5. The average Bonchev–Trinajstić information content (AvgIpc) is 2.78. The number of benzene rings is 2. The van der Waals surface area contributed by atoms with Gasteiger partial charge in [-0.25, -0.2) is 4.79 Å². The van der Waals surface area contributed by atoms with Crippen LogP contribution in [0.25, 0.3) is 22.3 Å². The molecule has 2 aromatic carbocycles. The number of amides is 1. The molecule has 1 amide bonds. The molecule has 3 aromatic rings. The van der Waals surface area contributed by atoms with Crippen molar-refractivity contribution >= 4 is 28.8 Å². The van der Waals surface area contributed by atoms with Gasteiger partial charge in [-0.15, -0.1) is 0 Å². The number of hydrogen-bond acceptors (Lipinski definition) is 10. The van der Waals surface area contributed by atoms with Crippen molar-refractivity contribution in [2.24, 2.45) is 0 Å². The largest absolute Gasteiger partial charge is 0.507 e. The number of hydrogen-bond donors (Lipinski definition) is 7. The van der Waals surface area contributed by atoms with E-state index < -0.39 is 70.7 Å². The number of carbonyl (C=O) groups is 3. The number of aliphatic carboxylic acids is 2. The van der Waals surface area contributed by atoms with E-state index in [2.05, 4.69) is 5.32 Å². The van der Waals surface area contributed by atoms with Crippen molar-refractivity contribution in [3.63, 3.8) is 0 Å². The van der Waals surface area contributed by atoms with Crippen LogP contribution in [0.3, 0.4) is 0 Å². The Labute approximate surface area is 195 Å². The molecule has 0 aliphatic rings. The third-order valence-corrected chi connectivity index (χ3v) is 4.81. The van der Waals surface area contributed by atoms with Gasteiger partial charge in [0.15, 0.2) is 23.9 Å². The van der Waals surface area contributed by atoms with Gasteiger partial charge in [0.25, 0.3) is 5.91 Å². The minimum absolute atomic E-state index is 0.0306. The Hall–Kier alpha value is -4.94. The number of phenolic OH excluding ortho intramolecular Hbond substituents is 3. The predicted molar refractivity (Wildman–Crippen MR) is 117 cm³/mol. The van der Waals surface area contributed by atoms with Crippen LogP contribution in [0.4, 0.5) is 0 Å². The summed E-state index contributed by atoms with van der Waals surface area (Å²) in [5, 5.41) is 59.1. The van der Waals surface area contributed by atoms with Crippen LogP contribution >= 0.6 is 0 Å². The second-order valence-corrected chi connectivity index (χ2v) is 7.31. The van der Waals surface area contributed by atoms with Crippen LogP contribution in [0.2, 0.25) is 0 Å². The van der Waals surface area contributed by atoms with Crippen LogP contribution < -0.4 is 15.5 Å². The van der Waals surface area contributed by atoms with Crippen LogP contribution in [-0.4, -0.2) is 61.1 Å². The van der Waals surface area contributed by atoms with E-state index in [9.17, 15) is 39.6 Å². The van der Waals surface area contributed by atoms with Crippen LogP contribution in [0.1, 0.15) is 12.8 Å². The molecule has 0 saturated heterocycles. The van der Waals surface area contributed by atoms with E-state index in [1.165, 1.54) is 6.07 Å². The van der Waals surface area contributed by atoms with Crippen LogP contribution in [0.15, 0.2) is 39.5 Å². The summed E-state index contributed by atoms with van der Waals surface area (Å²) < 4.78 is 10.8. The van der Waals surface area contributed by atoms with E-state index in [0.29, 0.717) is 0 Å². The summed E-state index contributed by atoms with van der Waals surface area (Å²) in [5.41, 5.74) is -1.22. The molecule has 0 bridgehead atoms. The summed E-state index contributed by atoms with van der Waals surface area (Å²) in [5.74, 6) is -6.60. The maximum Gasteiger partial charge on any atom is 0.326 e. The van der Waals surface area contributed by atoms with Gasteiger partial charge in [0.2, 0.25) is 11.2 Å². The molecule has 3 rings (SSSR count). The summed E-state index contributed by atoms with van der Waals surface area (Å²) in [6.07, 6.45) is -0.832. The first-order valence-electron chi connectivity index (χ1n) is 9.89. The van der Waals surface area contributed by atoms with Crippen molar-refractivity contribution in [3.05, 3.63) is 40.6 Å². The van der Waals surface area contributed by atoms with Crippen LogP contribution in [-0.2, 0) is 14.4 Å². The van der Waals surface area contributed by atoms with Gasteiger partial charge in [0, 0.05) is 24.1 Å². The van der Waals surface area contributed by atoms with Gasteiger partial charge in [0.1, 0.15) is 28.5 Å². The van der Waals surface area contributed by atoms with Gasteiger partial charge in [-0.3, -0.25) is 14.4 Å². The summed E-state index contributed by atoms with van der Waals surface area (Å²) in [4.78, 5) is 46.5. The van der Waals surface area contributed by atoms with Crippen LogP contribution in [0.5, 0.6) is 28.7 Å². The van der Waals surface area contributed by atoms with Crippen molar-refractivity contribution in [2.45, 2.75) is 18.9 Å². The lowest BCUT2D eigenvalue weighted by Crippen LogP contribution is -2.43. The zero-order valence-corrected chi connectivity index (χ0v) is 17.7. The highest BCUT2D eigenvalue weighted by Crippen LogP contribution is 2.37. The normalized spacial score (nSPS) is 11.7. The highest BCUT2D eigenvalue weighted by molar-refractivity contribution is 5.89. The molecule has 0 saturated carbocycles. The molecular weight excluding hydrogens is 470 g/mol. The molecule has 7 N–H and O–H groups in total. The number of ether oxygens (including phenoxy) is 1. The van der Waals surface area contributed by atoms with E-state index in [-0.39, 0.29) is 29.1 Å². The lowest BCUT2D eigenvalue weighted by molar-refractivity contribution is -0.143. The minimum atomic E-state index is -1.46. The molecule has 0 aliphatic heterocycles. The van der Waals surface area contributed by atoms with Crippen molar-refractivity contribution in [1.29, 1.82) is 0 Å². The monoisotopic (exact) mass is 489 g/mol. The minimum Gasteiger partial charge on any atom is -0.507 e. The van der Waals surface area contributed by atoms with E-state index in [4.69, 9.17) is 19.4 Å². The maximum absolute atomic E-state index is 12.6. The quantitative estimate of drug-likeness (QED) is 0.210. The molecule has 35 heavy (non-hydrogen) atoms. The van der Waals surface area contributed by atoms with Gasteiger partial charge in [-0.1, -0.05) is 0 Å². The van der Waals surface area contributed by atoms with Gasteiger partial charge in [0.05, 0.1) is 0 Å². The zero-order valence-electron chi connectivity index (χ0n) is 17.7. The molecule has 1 atom stereocenters. The van der Waals surface area contributed by atoms with Gasteiger partial charge >= 0.3 is 11.9 Å². The highest BCUT2D eigenvalue weighted by atomic mass is 16.5. The fourth-order valence-electron chi connectivity index (χ4n) is 3.12. The molecule has 13 heteroatoms. The van der Waals surface area contributed by atoms with E-state index in [1.54, 1.807) is 0 Å². The number of carboxylic acid groups (broad SMARTS) is 2. The number of nitrogens with one attached hydrogen (secondary N) is 1. The van der Waals surface area contributed by atoms with Crippen molar-refractivity contribution in [3.8, 4) is 40.1 Å². The van der Waals surface area contributed by atoms with Crippen LogP contribution in [0, 0.1) is 0 Å². The second-order valence-electron chi connectivity index (χ2n) is 7.31. The number of rotatable bonds is 9. The highest BCUT2D eigenvalue weighted by Gasteiger charge is 2.22. The van der Waals surface area contributed by atoms with Gasteiger partial charge in [-0.2, -0.15) is 0 Å².